The topological polar surface area (TPSA) is 39.9 Å². The van der Waals surface area contributed by atoms with Crippen LogP contribution in [0, 0.1) is 5.92 Å². The van der Waals surface area contributed by atoms with Crippen molar-refractivity contribution in [2.75, 3.05) is 7.11 Å². The van der Waals surface area contributed by atoms with Crippen LogP contribution in [0.25, 0.3) is 33.3 Å². The van der Waals surface area contributed by atoms with Crippen molar-refractivity contribution in [3.8, 4) is 28.1 Å². The molecule has 4 heteroatoms. The van der Waals surface area contributed by atoms with Crippen LogP contribution < -0.4 is 4.74 Å². The molecule has 0 saturated heterocycles. The molecule has 3 heterocycles. The van der Waals surface area contributed by atoms with Gasteiger partial charge in [-0.25, -0.2) is 9.97 Å². The number of allylic oxidation sites excluding steroid dienone is 2. The summed E-state index contributed by atoms with van der Waals surface area (Å²) in [5.74, 6) is 2.86. The average Bonchev–Trinajstić information content (AvgIpc) is 3.48. The van der Waals surface area contributed by atoms with Crippen molar-refractivity contribution in [1.29, 1.82) is 0 Å². The van der Waals surface area contributed by atoms with Gasteiger partial charge < -0.3 is 9.30 Å². The van der Waals surface area contributed by atoms with E-state index in [-0.39, 0.29) is 0 Å². The molecular formula is C32H27N3O. The number of hydrogen-bond acceptors (Lipinski definition) is 3. The van der Waals surface area contributed by atoms with Crippen molar-refractivity contribution in [3.63, 3.8) is 0 Å². The SMILES string of the molecule is COc1ncc(-c2ccc3nc4n(c3c2)[C@@H](c2ccccc2)[C@H]2CC=CC[C@@H]42)cc1-c1ccccc1. The molecular weight excluding hydrogens is 442 g/mol. The predicted octanol–water partition coefficient (Wildman–Crippen LogP) is 7.43. The molecule has 2 aliphatic rings. The minimum absolute atomic E-state index is 0.297. The smallest absolute Gasteiger partial charge is 0.221 e. The number of aromatic nitrogens is 3. The zero-order valence-corrected chi connectivity index (χ0v) is 20.2. The summed E-state index contributed by atoms with van der Waals surface area (Å²) in [5, 5.41) is 0. The summed E-state index contributed by atoms with van der Waals surface area (Å²) in [5.41, 5.74) is 7.92. The average molecular weight is 470 g/mol. The van der Waals surface area contributed by atoms with Crippen LogP contribution in [0.2, 0.25) is 0 Å². The maximum atomic E-state index is 5.60. The summed E-state index contributed by atoms with van der Waals surface area (Å²) in [6.07, 6.45) is 8.75. The highest BCUT2D eigenvalue weighted by atomic mass is 16.5. The maximum absolute atomic E-state index is 5.60. The van der Waals surface area contributed by atoms with Gasteiger partial charge in [0, 0.05) is 23.2 Å². The van der Waals surface area contributed by atoms with Crippen molar-refractivity contribution >= 4 is 11.0 Å². The fourth-order valence-corrected chi connectivity index (χ4v) is 6.16. The summed E-state index contributed by atoms with van der Waals surface area (Å²) in [7, 11) is 1.67. The molecule has 36 heavy (non-hydrogen) atoms. The molecule has 0 fully saturated rings. The Bertz CT molecular complexity index is 1590. The standard InChI is InChI=1S/C32H27N3O/c1-36-32-27(21-10-4-2-5-11-21)18-24(20-33-32)23-16-17-28-29(19-23)35-30(22-12-6-3-7-13-22)25-14-8-9-15-26(25)31(35)34-28/h2-13,16-20,25-26,30H,14-15H2,1H3/t25-,26+,30-/m0/s1. The largest absolute Gasteiger partial charge is 0.481 e. The summed E-state index contributed by atoms with van der Waals surface area (Å²) in [4.78, 5) is 9.83. The highest BCUT2D eigenvalue weighted by Crippen LogP contribution is 2.51. The fourth-order valence-electron chi connectivity index (χ4n) is 6.16. The Morgan fingerprint density at radius 2 is 1.58 bits per heavy atom. The molecule has 0 spiro atoms. The minimum Gasteiger partial charge on any atom is -0.481 e. The zero-order chi connectivity index (χ0) is 24.1. The van der Waals surface area contributed by atoms with Gasteiger partial charge in [0.2, 0.25) is 5.88 Å². The molecule has 176 valence electrons. The number of ether oxygens (including phenoxy) is 1. The Hall–Kier alpha value is -4.18. The highest BCUT2D eigenvalue weighted by molar-refractivity contribution is 5.85. The predicted molar refractivity (Wildman–Crippen MR) is 144 cm³/mol. The van der Waals surface area contributed by atoms with E-state index in [1.807, 2.05) is 24.4 Å². The number of imidazole rings is 1. The first-order valence-electron chi connectivity index (χ1n) is 12.6. The van der Waals surface area contributed by atoms with Gasteiger partial charge in [-0.1, -0.05) is 78.9 Å². The Balaban J connectivity index is 1.39. The lowest BCUT2D eigenvalue weighted by Crippen LogP contribution is -2.18. The maximum Gasteiger partial charge on any atom is 0.221 e. The van der Waals surface area contributed by atoms with Crippen LogP contribution in [0.3, 0.4) is 0 Å². The first kappa shape index (κ1) is 21.1. The van der Waals surface area contributed by atoms with Crippen LogP contribution >= 0.6 is 0 Å². The van der Waals surface area contributed by atoms with E-state index in [4.69, 9.17) is 9.72 Å². The normalized spacial score (nSPS) is 20.3. The Morgan fingerprint density at radius 1 is 0.806 bits per heavy atom. The molecule has 3 aromatic carbocycles. The van der Waals surface area contributed by atoms with Crippen molar-refractivity contribution in [1.82, 2.24) is 14.5 Å². The summed E-state index contributed by atoms with van der Waals surface area (Å²) >= 11 is 0. The van der Waals surface area contributed by atoms with Gasteiger partial charge in [-0.05, 0) is 53.6 Å². The quantitative estimate of drug-likeness (QED) is 0.257. The first-order valence-corrected chi connectivity index (χ1v) is 12.6. The number of hydrogen-bond donors (Lipinski definition) is 0. The second-order valence-corrected chi connectivity index (χ2v) is 9.76. The number of nitrogens with zero attached hydrogens (tertiary/aromatic N) is 3. The lowest BCUT2D eigenvalue weighted by atomic mass is 9.79. The third kappa shape index (κ3) is 3.29. The number of methoxy groups -OCH3 is 1. The molecule has 0 amide bonds. The molecule has 1 aliphatic heterocycles. The number of pyridine rings is 1. The lowest BCUT2D eigenvalue weighted by Gasteiger charge is -2.27. The molecule has 0 radical (unpaired) electrons. The Kier molecular flexibility index (Phi) is 4.98. The van der Waals surface area contributed by atoms with Gasteiger partial charge in [0.05, 0.1) is 24.2 Å². The van der Waals surface area contributed by atoms with Gasteiger partial charge in [0.1, 0.15) is 5.82 Å². The molecule has 2 aromatic heterocycles. The second-order valence-electron chi connectivity index (χ2n) is 9.76. The lowest BCUT2D eigenvalue weighted by molar-refractivity contribution is 0.380. The molecule has 5 aromatic rings. The van der Waals surface area contributed by atoms with Gasteiger partial charge in [-0.15, -0.1) is 0 Å². The highest BCUT2D eigenvalue weighted by Gasteiger charge is 2.43. The Morgan fingerprint density at radius 3 is 2.39 bits per heavy atom. The van der Waals surface area contributed by atoms with Crippen molar-refractivity contribution < 1.29 is 4.74 Å². The molecule has 0 N–H and O–H groups in total. The zero-order valence-electron chi connectivity index (χ0n) is 20.2. The van der Waals surface area contributed by atoms with E-state index in [1.165, 1.54) is 16.9 Å². The van der Waals surface area contributed by atoms with Gasteiger partial charge >= 0.3 is 0 Å². The molecule has 0 bridgehead atoms. The van der Waals surface area contributed by atoms with Gasteiger partial charge in [-0.2, -0.15) is 0 Å². The minimum atomic E-state index is 0.297. The van der Waals surface area contributed by atoms with Gasteiger partial charge in [0.15, 0.2) is 0 Å². The van der Waals surface area contributed by atoms with Crippen LogP contribution in [0.1, 0.15) is 36.2 Å². The van der Waals surface area contributed by atoms with E-state index < -0.39 is 0 Å². The summed E-state index contributed by atoms with van der Waals surface area (Å²) in [6.45, 7) is 0. The van der Waals surface area contributed by atoms with Crippen LogP contribution in [0.15, 0.2) is 103 Å². The number of benzene rings is 3. The van der Waals surface area contributed by atoms with Crippen LogP contribution in [0.5, 0.6) is 5.88 Å². The first-order chi connectivity index (χ1) is 17.8. The van der Waals surface area contributed by atoms with E-state index in [2.05, 4.69) is 88.4 Å². The number of fused-ring (bicyclic) bond motifs is 5. The molecule has 1 aliphatic carbocycles. The summed E-state index contributed by atoms with van der Waals surface area (Å²) in [6, 6.07) is 30.3. The number of rotatable bonds is 4. The van der Waals surface area contributed by atoms with Crippen molar-refractivity contribution in [2.45, 2.75) is 24.8 Å². The molecule has 3 atom stereocenters. The molecule has 0 saturated carbocycles. The van der Waals surface area contributed by atoms with Crippen molar-refractivity contribution in [3.05, 3.63) is 115 Å². The Labute approximate surface area is 210 Å². The van der Waals surface area contributed by atoms with Gasteiger partial charge in [-0.3, -0.25) is 0 Å². The van der Waals surface area contributed by atoms with Crippen LogP contribution in [0.4, 0.5) is 0 Å². The second kappa shape index (κ2) is 8.49. The third-order valence-electron chi connectivity index (χ3n) is 7.82. The molecule has 4 nitrogen and oxygen atoms in total. The third-order valence-corrected chi connectivity index (χ3v) is 7.82. The van der Waals surface area contributed by atoms with E-state index in [9.17, 15) is 0 Å². The van der Waals surface area contributed by atoms with E-state index in [0.29, 0.717) is 23.8 Å². The summed E-state index contributed by atoms with van der Waals surface area (Å²) < 4.78 is 8.11. The monoisotopic (exact) mass is 469 g/mol. The molecule has 7 rings (SSSR count). The molecule has 0 unspecified atom stereocenters. The van der Waals surface area contributed by atoms with E-state index in [0.717, 1.165) is 40.6 Å². The fraction of sp³-hybridized carbons (Fsp3) is 0.188. The van der Waals surface area contributed by atoms with E-state index in [1.54, 1.807) is 7.11 Å². The van der Waals surface area contributed by atoms with Crippen LogP contribution in [-0.4, -0.2) is 21.6 Å². The van der Waals surface area contributed by atoms with E-state index >= 15 is 0 Å². The van der Waals surface area contributed by atoms with Gasteiger partial charge in [0.25, 0.3) is 0 Å². The van der Waals surface area contributed by atoms with Crippen LogP contribution in [-0.2, 0) is 0 Å². The van der Waals surface area contributed by atoms with Crippen molar-refractivity contribution in [2.24, 2.45) is 5.92 Å².